The maximum absolute atomic E-state index is 12.7. The Labute approximate surface area is 143 Å². The third-order valence-electron chi connectivity index (χ3n) is 3.64. The Bertz CT molecular complexity index is 690. The van der Waals surface area contributed by atoms with Gasteiger partial charge in [0, 0.05) is 12.6 Å². The molecule has 25 heavy (non-hydrogen) atoms. The second-order valence-electron chi connectivity index (χ2n) is 5.16. The van der Waals surface area contributed by atoms with Gasteiger partial charge in [-0.15, -0.1) is 0 Å². The lowest BCUT2D eigenvalue weighted by atomic mass is 10.1. The van der Waals surface area contributed by atoms with Gasteiger partial charge in [-0.1, -0.05) is 0 Å². The van der Waals surface area contributed by atoms with Crippen molar-refractivity contribution >= 4 is 17.6 Å². The molecule has 0 spiro atoms. The van der Waals surface area contributed by atoms with Gasteiger partial charge >= 0.3 is 5.97 Å². The second-order valence-corrected chi connectivity index (χ2v) is 5.16. The SMILES string of the molecule is CCOc1cc([N+](=O)[O-])c(C(=O)N2CCOC(C(=O)O)C2)cc1OC. The summed E-state index contributed by atoms with van der Waals surface area (Å²) in [6, 6.07) is 2.36. The summed E-state index contributed by atoms with van der Waals surface area (Å²) in [4.78, 5) is 35.6. The van der Waals surface area contributed by atoms with Crippen molar-refractivity contribution in [2.75, 3.05) is 33.4 Å². The van der Waals surface area contributed by atoms with E-state index >= 15 is 0 Å². The zero-order chi connectivity index (χ0) is 18.6. The Kier molecular flexibility index (Phi) is 5.75. The van der Waals surface area contributed by atoms with Gasteiger partial charge in [0.1, 0.15) is 5.56 Å². The van der Waals surface area contributed by atoms with Crippen molar-refractivity contribution in [3.05, 3.63) is 27.8 Å². The fourth-order valence-electron chi connectivity index (χ4n) is 2.45. The van der Waals surface area contributed by atoms with Crippen LogP contribution in [0.1, 0.15) is 17.3 Å². The normalized spacial score (nSPS) is 17.0. The Morgan fingerprint density at radius 2 is 2.16 bits per heavy atom. The summed E-state index contributed by atoms with van der Waals surface area (Å²) < 4.78 is 15.5. The number of methoxy groups -OCH3 is 1. The number of nitro benzene ring substituents is 1. The molecule has 136 valence electrons. The number of nitro groups is 1. The van der Waals surface area contributed by atoms with E-state index in [9.17, 15) is 19.7 Å². The molecule has 0 aromatic heterocycles. The molecule has 1 aliphatic rings. The first-order valence-electron chi connectivity index (χ1n) is 7.51. The van der Waals surface area contributed by atoms with E-state index in [0.717, 1.165) is 6.07 Å². The van der Waals surface area contributed by atoms with Crippen molar-refractivity contribution < 1.29 is 33.8 Å². The van der Waals surface area contributed by atoms with E-state index in [-0.39, 0.29) is 43.4 Å². The number of nitrogens with zero attached hydrogens (tertiary/aromatic N) is 2. The van der Waals surface area contributed by atoms with Crippen LogP contribution in [0.3, 0.4) is 0 Å². The highest BCUT2D eigenvalue weighted by Gasteiger charge is 2.33. The minimum atomic E-state index is -1.20. The molecule has 0 aliphatic carbocycles. The summed E-state index contributed by atoms with van der Waals surface area (Å²) >= 11 is 0. The van der Waals surface area contributed by atoms with E-state index in [0.29, 0.717) is 0 Å². The van der Waals surface area contributed by atoms with Crippen molar-refractivity contribution in [2.45, 2.75) is 13.0 Å². The number of hydrogen-bond donors (Lipinski definition) is 1. The quantitative estimate of drug-likeness (QED) is 0.590. The van der Waals surface area contributed by atoms with Crippen LogP contribution in [0.5, 0.6) is 11.5 Å². The van der Waals surface area contributed by atoms with Crippen LogP contribution in [0.2, 0.25) is 0 Å². The van der Waals surface area contributed by atoms with Crippen LogP contribution < -0.4 is 9.47 Å². The predicted molar refractivity (Wildman–Crippen MR) is 84.1 cm³/mol. The molecule has 2 rings (SSSR count). The predicted octanol–water partition coefficient (Wildman–Crippen LogP) is 0.928. The van der Waals surface area contributed by atoms with Crippen LogP contribution in [0, 0.1) is 10.1 Å². The molecule has 1 aromatic rings. The Morgan fingerprint density at radius 3 is 2.72 bits per heavy atom. The highest BCUT2D eigenvalue weighted by Crippen LogP contribution is 2.35. The van der Waals surface area contributed by atoms with E-state index in [1.54, 1.807) is 6.92 Å². The van der Waals surface area contributed by atoms with Crippen LogP contribution in [0.15, 0.2) is 12.1 Å². The molecule has 1 heterocycles. The van der Waals surface area contributed by atoms with E-state index in [2.05, 4.69) is 0 Å². The van der Waals surface area contributed by atoms with Gasteiger partial charge in [-0.05, 0) is 6.92 Å². The van der Waals surface area contributed by atoms with Crippen molar-refractivity contribution in [2.24, 2.45) is 0 Å². The van der Waals surface area contributed by atoms with Gasteiger partial charge in [-0.25, -0.2) is 4.79 Å². The average Bonchev–Trinajstić information content (AvgIpc) is 2.61. The molecule has 0 bridgehead atoms. The van der Waals surface area contributed by atoms with Gasteiger partial charge in [0.25, 0.3) is 11.6 Å². The second kappa shape index (κ2) is 7.79. The number of carbonyl (C=O) groups excluding carboxylic acids is 1. The lowest BCUT2D eigenvalue weighted by molar-refractivity contribution is -0.385. The summed E-state index contributed by atoms with van der Waals surface area (Å²) in [6.07, 6.45) is -1.17. The summed E-state index contributed by atoms with van der Waals surface area (Å²) in [5.74, 6) is -1.53. The van der Waals surface area contributed by atoms with Crippen molar-refractivity contribution in [1.29, 1.82) is 0 Å². The molecule has 1 N–H and O–H groups in total. The molecule has 1 unspecified atom stereocenters. The fraction of sp³-hybridized carbons (Fsp3) is 0.467. The van der Waals surface area contributed by atoms with Crippen LogP contribution in [-0.2, 0) is 9.53 Å². The number of carboxylic acids is 1. The minimum absolute atomic E-state index is 0.0324. The molecular formula is C15H18N2O8. The highest BCUT2D eigenvalue weighted by atomic mass is 16.6. The number of carboxylic acid groups (broad SMARTS) is 1. The van der Waals surface area contributed by atoms with Gasteiger partial charge in [-0.2, -0.15) is 0 Å². The smallest absolute Gasteiger partial charge is 0.334 e. The van der Waals surface area contributed by atoms with Crippen LogP contribution in [0.25, 0.3) is 0 Å². The summed E-state index contributed by atoms with van der Waals surface area (Å²) in [5.41, 5.74) is -0.635. The first-order chi connectivity index (χ1) is 11.9. The topological polar surface area (TPSA) is 128 Å². The van der Waals surface area contributed by atoms with Gasteiger partial charge < -0.3 is 24.2 Å². The molecule has 1 aliphatic heterocycles. The number of morpholine rings is 1. The zero-order valence-corrected chi connectivity index (χ0v) is 13.8. The zero-order valence-electron chi connectivity index (χ0n) is 13.8. The molecule has 1 aromatic carbocycles. The third kappa shape index (κ3) is 3.97. The number of hydrogen-bond acceptors (Lipinski definition) is 7. The number of ether oxygens (including phenoxy) is 3. The van der Waals surface area contributed by atoms with Gasteiger partial charge in [0.05, 0.1) is 37.9 Å². The molecule has 10 nitrogen and oxygen atoms in total. The fourth-order valence-corrected chi connectivity index (χ4v) is 2.45. The monoisotopic (exact) mass is 354 g/mol. The number of aliphatic carboxylic acids is 1. The molecule has 0 saturated carbocycles. The van der Waals surface area contributed by atoms with Crippen molar-refractivity contribution in [1.82, 2.24) is 4.90 Å². The van der Waals surface area contributed by atoms with Gasteiger partial charge in [0.2, 0.25) is 0 Å². The first kappa shape index (κ1) is 18.5. The maximum Gasteiger partial charge on any atom is 0.334 e. The highest BCUT2D eigenvalue weighted by molar-refractivity contribution is 5.99. The van der Waals surface area contributed by atoms with Gasteiger partial charge in [0.15, 0.2) is 17.6 Å². The molecule has 0 radical (unpaired) electrons. The molecule has 10 heteroatoms. The number of benzene rings is 1. The van der Waals surface area contributed by atoms with Crippen LogP contribution in [-0.4, -0.2) is 66.3 Å². The van der Waals surface area contributed by atoms with Crippen LogP contribution >= 0.6 is 0 Å². The molecular weight excluding hydrogens is 336 g/mol. The van der Waals surface area contributed by atoms with Gasteiger partial charge in [-0.3, -0.25) is 14.9 Å². The third-order valence-corrected chi connectivity index (χ3v) is 3.64. The maximum atomic E-state index is 12.7. The van der Waals surface area contributed by atoms with Crippen molar-refractivity contribution in [3.63, 3.8) is 0 Å². The Balaban J connectivity index is 2.40. The van der Waals surface area contributed by atoms with Crippen LogP contribution in [0.4, 0.5) is 5.69 Å². The lowest BCUT2D eigenvalue weighted by Crippen LogP contribution is -2.48. The minimum Gasteiger partial charge on any atom is -0.493 e. The Morgan fingerprint density at radius 1 is 1.44 bits per heavy atom. The molecule has 1 amide bonds. The van der Waals surface area contributed by atoms with E-state index < -0.39 is 28.6 Å². The lowest BCUT2D eigenvalue weighted by Gasteiger charge is -2.30. The van der Waals surface area contributed by atoms with E-state index in [1.807, 2.05) is 0 Å². The van der Waals surface area contributed by atoms with E-state index in [4.69, 9.17) is 19.3 Å². The number of rotatable bonds is 6. The largest absolute Gasteiger partial charge is 0.493 e. The summed E-state index contributed by atoms with van der Waals surface area (Å²) in [6.45, 7) is 1.95. The molecule has 1 saturated heterocycles. The molecule has 1 atom stereocenters. The summed E-state index contributed by atoms with van der Waals surface area (Å²) in [7, 11) is 1.35. The number of amides is 1. The van der Waals surface area contributed by atoms with Crippen molar-refractivity contribution in [3.8, 4) is 11.5 Å². The summed E-state index contributed by atoms with van der Waals surface area (Å²) in [5, 5.41) is 20.4. The van der Waals surface area contributed by atoms with E-state index in [1.165, 1.54) is 18.1 Å². The average molecular weight is 354 g/mol. The Hall–Kier alpha value is -2.88. The standard InChI is InChI=1S/C15H18N2O8/c1-3-24-12-7-10(17(21)22)9(6-11(12)23-2)14(18)16-4-5-25-13(8-16)15(19)20/h6-7,13H,3-5,8H2,1-2H3,(H,19,20). The molecule has 1 fully saturated rings. The number of carbonyl (C=O) groups is 2. The first-order valence-corrected chi connectivity index (χ1v) is 7.51.